The van der Waals surface area contributed by atoms with Gasteiger partial charge in [0.2, 0.25) is 5.91 Å². The van der Waals surface area contributed by atoms with Crippen molar-refractivity contribution in [1.29, 1.82) is 0 Å². The minimum absolute atomic E-state index is 0. The summed E-state index contributed by atoms with van der Waals surface area (Å²) < 4.78 is 1.91. The third-order valence-electron chi connectivity index (χ3n) is 6.00. The van der Waals surface area contributed by atoms with E-state index >= 15 is 0 Å². The summed E-state index contributed by atoms with van der Waals surface area (Å²) in [5.41, 5.74) is 2.29. The van der Waals surface area contributed by atoms with Crippen LogP contribution in [0.1, 0.15) is 43.2 Å². The normalized spacial score (nSPS) is 14.8. The van der Waals surface area contributed by atoms with Crippen LogP contribution in [0.5, 0.6) is 0 Å². The lowest BCUT2D eigenvalue weighted by Crippen LogP contribution is -2.42. The molecule has 1 aromatic heterocycles. The van der Waals surface area contributed by atoms with Gasteiger partial charge in [-0.2, -0.15) is 5.10 Å². The maximum atomic E-state index is 12.9. The molecule has 2 aromatic carbocycles. The second kappa shape index (κ2) is 11.3. The summed E-state index contributed by atoms with van der Waals surface area (Å²) in [5.74, 6) is 0.298. The molecule has 0 unspecified atom stereocenters. The van der Waals surface area contributed by atoms with Crippen molar-refractivity contribution in [3.05, 3.63) is 60.3 Å². The highest BCUT2D eigenvalue weighted by Crippen LogP contribution is 2.22. The van der Waals surface area contributed by atoms with Crippen LogP contribution >= 0.6 is 12.4 Å². The van der Waals surface area contributed by atoms with Gasteiger partial charge in [0.25, 0.3) is 5.91 Å². The predicted octanol–water partition coefficient (Wildman–Crippen LogP) is 4.12. The lowest BCUT2D eigenvalue weighted by atomic mass is 9.96. The van der Waals surface area contributed by atoms with E-state index < -0.39 is 0 Å². The van der Waals surface area contributed by atoms with Crippen molar-refractivity contribution in [2.45, 2.75) is 32.7 Å². The molecule has 176 valence electrons. The van der Waals surface area contributed by atoms with Crippen LogP contribution in [0.25, 0.3) is 10.9 Å². The van der Waals surface area contributed by atoms with Crippen molar-refractivity contribution < 1.29 is 9.59 Å². The maximum Gasteiger partial charge on any atom is 0.272 e. The number of halogens is 1. The molecule has 0 spiro atoms. The number of nitrogens with zero attached hydrogens (tertiary/aromatic N) is 3. The van der Waals surface area contributed by atoms with E-state index in [2.05, 4.69) is 34.5 Å². The number of likely N-dealkylation sites (tertiary alicyclic amines) is 1. The molecule has 8 heteroatoms. The fourth-order valence-electron chi connectivity index (χ4n) is 4.25. The number of anilines is 1. The SMILES string of the molecule is CC(C)n1nc(C(=O)NCC2CCN(CC(=O)Nc3ccccc3)CC2)c2ccccc21.Cl. The van der Waals surface area contributed by atoms with Crippen LogP contribution in [0, 0.1) is 5.92 Å². The van der Waals surface area contributed by atoms with E-state index in [1.807, 2.05) is 59.3 Å². The first-order chi connectivity index (χ1) is 15.5. The van der Waals surface area contributed by atoms with Crippen molar-refractivity contribution in [3.8, 4) is 0 Å². The van der Waals surface area contributed by atoms with E-state index in [-0.39, 0.29) is 30.3 Å². The molecule has 1 saturated heterocycles. The van der Waals surface area contributed by atoms with Crippen LogP contribution in [-0.4, -0.2) is 52.7 Å². The maximum absolute atomic E-state index is 12.9. The van der Waals surface area contributed by atoms with Crippen molar-refractivity contribution in [2.24, 2.45) is 5.92 Å². The van der Waals surface area contributed by atoms with Crippen molar-refractivity contribution in [1.82, 2.24) is 20.0 Å². The Morgan fingerprint density at radius 1 is 1.03 bits per heavy atom. The quantitative estimate of drug-likeness (QED) is 0.545. The first-order valence-electron chi connectivity index (χ1n) is 11.3. The second-order valence-electron chi connectivity index (χ2n) is 8.75. The highest BCUT2D eigenvalue weighted by Gasteiger charge is 2.23. The average Bonchev–Trinajstić information content (AvgIpc) is 3.19. The molecule has 1 aliphatic heterocycles. The van der Waals surface area contributed by atoms with Gasteiger partial charge in [-0.1, -0.05) is 36.4 Å². The van der Waals surface area contributed by atoms with Crippen LogP contribution in [0.3, 0.4) is 0 Å². The number of carbonyl (C=O) groups is 2. The van der Waals surface area contributed by atoms with Gasteiger partial charge in [0.1, 0.15) is 0 Å². The first-order valence-corrected chi connectivity index (χ1v) is 11.3. The highest BCUT2D eigenvalue weighted by atomic mass is 35.5. The first kappa shape index (κ1) is 24.7. The van der Waals surface area contributed by atoms with Crippen LogP contribution in [0.2, 0.25) is 0 Å². The zero-order valence-corrected chi connectivity index (χ0v) is 20.0. The fourth-order valence-corrected chi connectivity index (χ4v) is 4.25. The molecule has 0 atom stereocenters. The van der Waals surface area contributed by atoms with Gasteiger partial charge in [-0.15, -0.1) is 12.4 Å². The summed E-state index contributed by atoms with van der Waals surface area (Å²) in [5, 5.41) is 11.5. The predicted molar refractivity (Wildman–Crippen MR) is 134 cm³/mol. The molecule has 0 radical (unpaired) electrons. The Kier molecular flexibility index (Phi) is 8.47. The van der Waals surface area contributed by atoms with Crippen molar-refractivity contribution >= 4 is 40.8 Å². The van der Waals surface area contributed by atoms with E-state index in [0.29, 0.717) is 24.7 Å². The molecule has 2 amide bonds. The van der Waals surface area contributed by atoms with Crippen molar-refractivity contribution in [3.63, 3.8) is 0 Å². The third kappa shape index (κ3) is 6.12. The van der Waals surface area contributed by atoms with Gasteiger partial charge in [-0.3, -0.25) is 19.2 Å². The molecule has 1 aliphatic rings. The Balaban J connectivity index is 0.00000306. The van der Waals surface area contributed by atoms with E-state index in [9.17, 15) is 9.59 Å². The molecule has 1 fully saturated rings. The standard InChI is InChI=1S/C25H31N5O2.ClH/c1-18(2)30-22-11-7-6-10-21(22)24(28-30)25(32)26-16-19-12-14-29(15-13-19)17-23(31)27-20-8-4-3-5-9-20;/h3-11,18-19H,12-17H2,1-2H3,(H,26,32)(H,27,31);1H. The number of hydrogen-bond donors (Lipinski definition) is 2. The molecule has 7 nitrogen and oxygen atoms in total. The van der Waals surface area contributed by atoms with Crippen LogP contribution in [0.4, 0.5) is 5.69 Å². The van der Waals surface area contributed by atoms with E-state index in [1.54, 1.807) is 0 Å². The Labute approximate surface area is 200 Å². The topological polar surface area (TPSA) is 79.3 Å². The summed E-state index contributed by atoms with van der Waals surface area (Å²) in [6.07, 6.45) is 1.92. The zero-order chi connectivity index (χ0) is 22.5. The third-order valence-corrected chi connectivity index (χ3v) is 6.00. The number of hydrogen-bond acceptors (Lipinski definition) is 4. The van der Waals surface area contributed by atoms with E-state index in [4.69, 9.17) is 0 Å². The fraction of sp³-hybridized carbons (Fsp3) is 0.400. The Hall–Kier alpha value is -2.90. The zero-order valence-electron chi connectivity index (χ0n) is 19.2. The molecular weight excluding hydrogens is 438 g/mol. The highest BCUT2D eigenvalue weighted by molar-refractivity contribution is 6.04. The van der Waals surface area contributed by atoms with Crippen LogP contribution in [0.15, 0.2) is 54.6 Å². The minimum atomic E-state index is -0.120. The summed E-state index contributed by atoms with van der Waals surface area (Å²) >= 11 is 0. The number of amides is 2. The number of benzene rings is 2. The largest absolute Gasteiger partial charge is 0.350 e. The molecular formula is C25H32ClN5O2. The molecule has 2 N–H and O–H groups in total. The molecule has 4 rings (SSSR count). The number of rotatable bonds is 7. The summed E-state index contributed by atoms with van der Waals surface area (Å²) in [6.45, 7) is 6.86. The number of aromatic nitrogens is 2. The Morgan fingerprint density at radius 3 is 2.39 bits per heavy atom. The summed E-state index contributed by atoms with van der Waals surface area (Å²) in [6, 6.07) is 17.6. The lowest BCUT2D eigenvalue weighted by Gasteiger charge is -2.31. The summed E-state index contributed by atoms with van der Waals surface area (Å²) in [4.78, 5) is 27.3. The van der Waals surface area contributed by atoms with Crippen LogP contribution < -0.4 is 10.6 Å². The molecule has 0 bridgehead atoms. The smallest absolute Gasteiger partial charge is 0.272 e. The molecule has 0 saturated carbocycles. The van der Waals surface area contributed by atoms with Gasteiger partial charge in [0.15, 0.2) is 5.69 Å². The van der Waals surface area contributed by atoms with Crippen LogP contribution in [-0.2, 0) is 4.79 Å². The minimum Gasteiger partial charge on any atom is -0.350 e. The van der Waals surface area contributed by atoms with Gasteiger partial charge < -0.3 is 10.6 Å². The van der Waals surface area contributed by atoms with Gasteiger partial charge in [0, 0.05) is 23.7 Å². The lowest BCUT2D eigenvalue weighted by molar-refractivity contribution is -0.117. The number of nitrogens with one attached hydrogen (secondary N) is 2. The monoisotopic (exact) mass is 469 g/mol. The van der Waals surface area contributed by atoms with Gasteiger partial charge in [-0.25, -0.2) is 0 Å². The molecule has 2 heterocycles. The Bertz CT molecular complexity index is 1070. The summed E-state index contributed by atoms with van der Waals surface area (Å²) in [7, 11) is 0. The number of fused-ring (bicyclic) bond motifs is 1. The number of piperidine rings is 1. The molecule has 33 heavy (non-hydrogen) atoms. The van der Waals surface area contributed by atoms with Gasteiger partial charge >= 0.3 is 0 Å². The van der Waals surface area contributed by atoms with Gasteiger partial charge in [-0.05, 0) is 63.9 Å². The second-order valence-corrected chi connectivity index (χ2v) is 8.75. The number of para-hydroxylation sites is 2. The average molecular weight is 470 g/mol. The van der Waals surface area contributed by atoms with Crippen molar-refractivity contribution in [2.75, 3.05) is 31.5 Å². The molecule has 3 aromatic rings. The van der Waals surface area contributed by atoms with Gasteiger partial charge in [0.05, 0.1) is 12.1 Å². The Morgan fingerprint density at radius 2 is 1.70 bits per heavy atom. The molecule has 0 aliphatic carbocycles. The van der Waals surface area contributed by atoms with E-state index in [1.165, 1.54) is 0 Å². The van der Waals surface area contributed by atoms with E-state index in [0.717, 1.165) is 42.5 Å². The number of carbonyl (C=O) groups excluding carboxylic acids is 2.